The fourth-order valence-electron chi connectivity index (χ4n) is 2.63. The SMILES string of the molecule is CCOc1cccc(C=NNC(=O)c2[nH]nc(-c3ccccc3)c2C)c1O. The molecule has 3 aromatic rings. The molecule has 0 saturated heterocycles. The minimum atomic E-state index is -0.418. The van der Waals surface area contributed by atoms with E-state index in [1.165, 1.54) is 6.21 Å². The van der Waals surface area contributed by atoms with E-state index in [2.05, 4.69) is 20.7 Å². The van der Waals surface area contributed by atoms with Crippen molar-refractivity contribution in [2.45, 2.75) is 13.8 Å². The number of carbonyl (C=O) groups is 1. The van der Waals surface area contributed by atoms with Crippen molar-refractivity contribution >= 4 is 12.1 Å². The lowest BCUT2D eigenvalue weighted by atomic mass is 10.1. The van der Waals surface area contributed by atoms with E-state index in [1.807, 2.05) is 44.2 Å². The maximum Gasteiger partial charge on any atom is 0.289 e. The van der Waals surface area contributed by atoms with Crippen LogP contribution in [0.5, 0.6) is 11.5 Å². The highest BCUT2D eigenvalue weighted by atomic mass is 16.5. The Labute approximate surface area is 156 Å². The van der Waals surface area contributed by atoms with Gasteiger partial charge in [0.2, 0.25) is 0 Å². The number of aromatic nitrogens is 2. The van der Waals surface area contributed by atoms with Crippen LogP contribution in [-0.2, 0) is 0 Å². The van der Waals surface area contributed by atoms with Crippen LogP contribution in [0.25, 0.3) is 11.3 Å². The van der Waals surface area contributed by atoms with Gasteiger partial charge in [-0.1, -0.05) is 36.4 Å². The lowest BCUT2D eigenvalue weighted by Crippen LogP contribution is -2.19. The summed E-state index contributed by atoms with van der Waals surface area (Å²) in [6.45, 7) is 4.09. The van der Waals surface area contributed by atoms with Gasteiger partial charge in [0.05, 0.1) is 18.5 Å². The number of benzene rings is 2. The van der Waals surface area contributed by atoms with Crippen LogP contribution < -0.4 is 10.2 Å². The maximum atomic E-state index is 12.4. The molecule has 0 aliphatic rings. The normalized spacial score (nSPS) is 10.9. The Hall–Kier alpha value is -3.61. The Kier molecular flexibility index (Phi) is 5.51. The number of nitrogens with zero attached hydrogens (tertiary/aromatic N) is 2. The minimum absolute atomic E-state index is 0.0265. The number of nitrogens with one attached hydrogen (secondary N) is 2. The third-order valence-electron chi connectivity index (χ3n) is 3.98. The molecule has 1 amide bonds. The van der Waals surface area contributed by atoms with E-state index in [4.69, 9.17) is 4.74 Å². The van der Waals surface area contributed by atoms with Gasteiger partial charge in [-0.25, -0.2) is 5.43 Å². The average molecular weight is 364 g/mol. The van der Waals surface area contributed by atoms with E-state index in [-0.39, 0.29) is 5.75 Å². The Morgan fingerprint density at radius 3 is 2.78 bits per heavy atom. The summed E-state index contributed by atoms with van der Waals surface area (Å²) >= 11 is 0. The summed E-state index contributed by atoms with van der Waals surface area (Å²) in [5, 5.41) is 21.0. The fourth-order valence-corrected chi connectivity index (χ4v) is 2.63. The zero-order chi connectivity index (χ0) is 19.2. The first-order chi connectivity index (χ1) is 13.1. The molecule has 138 valence electrons. The largest absolute Gasteiger partial charge is 0.504 e. The van der Waals surface area contributed by atoms with Crippen LogP contribution in [0.15, 0.2) is 53.6 Å². The number of hydrogen-bond donors (Lipinski definition) is 3. The Morgan fingerprint density at radius 2 is 2.04 bits per heavy atom. The zero-order valence-electron chi connectivity index (χ0n) is 15.1. The number of carbonyl (C=O) groups excluding carboxylic acids is 1. The van der Waals surface area contributed by atoms with E-state index < -0.39 is 5.91 Å². The first-order valence-electron chi connectivity index (χ1n) is 8.50. The highest BCUT2D eigenvalue weighted by molar-refractivity contribution is 5.96. The number of ether oxygens (including phenoxy) is 1. The van der Waals surface area contributed by atoms with Gasteiger partial charge in [0, 0.05) is 16.7 Å². The first-order valence-corrected chi connectivity index (χ1v) is 8.50. The number of hydrazone groups is 1. The summed E-state index contributed by atoms with van der Waals surface area (Å²) in [5.74, 6) is -0.0787. The third-order valence-corrected chi connectivity index (χ3v) is 3.98. The summed E-state index contributed by atoms with van der Waals surface area (Å²) in [7, 11) is 0. The molecule has 0 aliphatic heterocycles. The fraction of sp³-hybridized carbons (Fsp3) is 0.150. The summed E-state index contributed by atoms with van der Waals surface area (Å²) < 4.78 is 5.32. The molecule has 0 bridgehead atoms. The molecule has 0 radical (unpaired) electrons. The Morgan fingerprint density at radius 1 is 1.26 bits per heavy atom. The van der Waals surface area contributed by atoms with Crippen molar-refractivity contribution in [2.24, 2.45) is 5.10 Å². The Balaban J connectivity index is 1.73. The summed E-state index contributed by atoms with van der Waals surface area (Å²) in [4.78, 5) is 12.4. The predicted molar refractivity (Wildman–Crippen MR) is 103 cm³/mol. The Bertz CT molecular complexity index is 965. The summed E-state index contributed by atoms with van der Waals surface area (Å²) in [6.07, 6.45) is 1.36. The number of para-hydroxylation sites is 1. The van der Waals surface area contributed by atoms with Crippen molar-refractivity contribution in [3.8, 4) is 22.8 Å². The van der Waals surface area contributed by atoms with Crippen molar-refractivity contribution < 1.29 is 14.6 Å². The van der Waals surface area contributed by atoms with Gasteiger partial charge in [-0.15, -0.1) is 0 Å². The molecule has 7 nitrogen and oxygen atoms in total. The molecular weight excluding hydrogens is 344 g/mol. The standard InChI is InChI=1S/C20H20N4O3/c1-3-27-16-11-7-10-15(19(16)25)12-21-24-20(26)18-13(2)17(22-23-18)14-8-5-4-6-9-14/h4-12,25H,3H2,1-2H3,(H,22,23)(H,24,26). The summed E-state index contributed by atoms with van der Waals surface area (Å²) in [5.41, 5.74) is 5.58. The second-order valence-electron chi connectivity index (χ2n) is 5.76. The van der Waals surface area contributed by atoms with Crippen LogP contribution in [-0.4, -0.2) is 34.0 Å². The molecule has 0 aliphatic carbocycles. The minimum Gasteiger partial charge on any atom is -0.504 e. The quantitative estimate of drug-likeness (QED) is 0.462. The van der Waals surface area contributed by atoms with Crippen molar-refractivity contribution in [3.63, 3.8) is 0 Å². The number of phenolic OH excluding ortho intramolecular Hbond substituents is 1. The van der Waals surface area contributed by atoms with Crippen molar-refractivity contribution in [3.05, 3.63) is 65.4 Å². The van der Waals surface area contributed by atoms with Gasteiger partial charge in [0.25, 0.3) is 5.91 Å². The molecule has 0 fully saturated rings. The lowest BCUT2D eigenvalue weighted by molar-refractivity contribution is 0.0949. The lowest BCUT2D eigenvalue weighted by Gasteiger charge is -2.07. The van der Waals surface area contributed by atoms with Gasteiger partial charge in [-0.05, 0) is 26.0 Å². The van der Waals surface area contributed by atoms with E-state index in [1.54, 1.807) is 18.2 Å². The van der Waals surface area contributed by atoms with Gasteiger partial charge in [-0.2, -0.15) is 10.2 Å². The van der Waals surface area contributed by atoms with Crippen LogP contribution in [0.3, 0.4) is 0 Å². The zero-order valence-corrected chi connectivity index (χ0v) is 15.1. The monoisotopic (exact) mass is 364 g/mol. The van der Waals surface area contributed by atoms with Crippen molar-refractivity contribution in [1.82, 2.24) is 15.6 Å². The molecule has 1 aromatic heterocycles. The topological polar surface area (TPSA) is 99.6 Å². The van der Waals surface area contributed by atoms with Crippen LogP contribution in [0.1, 0.15) is 28.5 Å². The third kappa shape index (κ3) is 3.98. The predicted octanol–water partition coefficient (Wildman–Crippen LogP) is 3.25. The highest BCUT2D eigenvalue weighted by Crippen LogP contribution is 2.28. The summed E-state index contributed by atoms with van der Waals surface area (Å²) in [6, 6.07) is 14.7. The smallest absolute Gasteiger partial charge is 0.289 e. The first kappa shape index (κ1) is 18.2. The second-order valence-corrected chi connectivity index (χ2v) is 5.76. The molecule has 27 heavy (non-hydrogen) atoms. The van der Waals surface area contributed by atoms with Gasteiger partial charge in [0.1, 0.15) is 5.69 Å². The molecule has 1 heterocycles. The molecule has 3 rings (SSSR count). The van der Waals surface area contributed by atoms with Crippen molar-refractivity contribution in [2.75, 3.05) is 6.61 Å². The molecule has 2 aromatic carbocycles. The van der Waals surface area contributed by atoms with Gasteiger partial charge < -0.3 is 9.84 Å². The molecule has 0 spiro atoms. The number of amides is 1. The number of aromatic hydroxyl groups is 1. The number of phenols is 1. The second kappa shape index (κ2) is 8.18. The number of aromatic amines is 1. The van der Waals surface area contributed by atoms with Crippen LogP contribution in [0.4, 0.5) is 0 Å². The number of H-pyrrole nitrogens is 1. The van der Waals surface area contributed by atoms with E-state index in [0.29, 0.717) is 29.3 Å². The number of hydrogen-bond acceptors (Lipinski definition) is 5. The van der Waals surface area contributed by atoms with Crippen LogP contribution in [0.2, 0.25) is 0 Å². The van der Waals surface area contributed by atoms with Crippen LogP contribution in [0, 0.1) is 6.92 Å². The maximum absolute atomic E-state index is 12.4. The molecule has 0 saturated carbocycles. The number of rotatable bonds is 6. The molecule has 0 unspecified atom stereocenters. The molecule has 7 heteroatoms. The van der Waals surface area contributed by atoms with Gasteiger partial charge in [-0.3, -0.25) is 9.89 Å². The van der Waals surface area contributed by atoms with E-state index in [0.717, 1.165) is 11.1 Å². The highest BCUT2D eigenvalue weighted by Gasteiger charge is 2.16. The van der Waals surface area contributed by atoms with Crippen molar-refractivity contribution in [1.29, 1.82) is 0 Å². The van der Waals surface area contributed by atoms with Gasteiger partial charge in [0.15, 0.2) is 11.5 Å². The molecule has 3 N–H and O–H groups in total. The van der Waals surface area contributed by atoms with Gasteiger partial charge >= 0.3 is 0 Å². The van der Waals surface area contributed by atoms with E-state index in [9.17, 15) is 9.90 Å². The molecular formula is C20H20N4O3. The molecule has 0 atom stereocenters. The van der Waals surface area contributed by atoms with Crippen LogP contribution >= 0.6 is 0 Å². The average Bonchev–Trinajstić information content (AvgIpc) is 3.07. The van der Waals surface area contributed by atoms with E-state index >= 15 is 0 Å².